The normalized spacial score (nSPS) is 14.3. The van der Waals surface area contributed by atoms with Crippen molar-refractivity contribution in [1.29, 1.82) is 5.26 Å². The molecule has 27 heavy (non-hydrogen) atoms. The van der Waals surface area contributed by atoms with Crippen molar-refractivity contribution in [2.45, 2.75) is 6.54 Å². The summed E-state index contributed by atoms with van der Waals surface area (Å²) >= 11 is 0. The number of anilines is 1. The van der Waals surface area contributed by atoms with Crippen LogP contribution in [0.15, 0.2) is 53.5 Å². The number of hydrogen-bond donors (Lipinski definition) is 1. The smallest absolute Gasteiger partial charge is 0.194 e. The summed E-state index contributed by atoms with van der Waals surface area (Å²) < 4.78 is 13.1. The molecule has 0 aliphatic carbocycles. The summed E-state index contributed by atoms with van der Waals surface area (Å²) in [7, 11) is 1.78. The van der Waals surface area contributed by atoms with E-state index in [0.717, 1.165) is 43.4 Å². The minimum atomic E-state index is -0.211. The first-order valence-corrected chi connectivity index (χ1v) is 8.65. The number of nitrogens with one attached hydrogen (secondary N) is 1. The number of halogens is 2. The molecule has 0 atom stereocenters. The van der Waals surface area contributed by atoms with E-state index in [2.05, 4.69) is 26.2 Å². The molecule has 5 nitrogen and oxygen atoms in total. The van der Waals surface area contributed by atoms with Gasteiger partial charge in [-0.1, -0.05) is 12.1 Å². The first-order chi connectivity index (χ1) is 12.7. The number of aliphatic imine (C=N–C) groups is 1. The third kappa shape index (κ3) is 5.57. The van der Waals surface area contributed by atoms with Gasteiger partial charge in [0.1, 0.15) is 5.82 Å². The van der Waals surface area contributed by atoms with E-state index >= 15 is 0 Å². The Balaban J connectivity index is 0.00000261. The fourth-order valence-electron chi connectivity index (χ4n) is 3.09. The van der Waals surface area contributed by atoms with Crippen LogP contribution < -0.4 is 10.2 Å². The lowest BCUT2D eigenvalue weighted by Gasteiger charge is -2.37. The predicted molar refractivity (Wildman–Crippen MR) is 117 cm³/mol. The average molecular weight is 479 g/mol. The topological polar surface area (TPSA) is 54.7 Å². The summed E-state index contributed by atoms with van der Waals surface area (Å²) in [4.78, 5) is 8.84. The van der Waals surface area contributed by atoms with E-state index in [1.165, 1.54) is 12.1 Å². The molecule has 1 heterocycles. The van der Waals surface area contributed by atoms with Crippen molar-refractivity contribution in [3.05, 3.63) is 65.5 Å². The lowest BCUT2D eigenvalue weighted by Crippen LogP contribution is -2.52. The van der Waals surface area contributed by atoms with E-state index in [1.54, 1.807) is 13.1 Å². The molecule has 0 spiro atoms. The average Bonchev–Trinajstić information content (AvgIpc) is 2.70. The molecule has 0 saturated carbocycles. The highest BCUT2D eigenvalue weighted by Crippen LogP contribution is 2.17. The summed E-state index contributed by atoms with van der Waals surface area (Å²) in [6, 6.07) is 16.4. The molecular weight excluding hydrogens is 456 g/mol. The van der Waals surface area contributed by atoms with Gasteiger partial charge in [-0.05, 0) is 42.0 Å². The zero-order valence-electron chi connectivity index (χ0n) is 15.2. The van der Waals surface area contributed by atoms with Crippen LogP contribution in [0.25, 0.3) is 0 Å². The zero-order valence-corrected chi connectivity index (χ0v) is 17.6. The van der Waals surface area contributed by atoms with Gasteiger partial charge in [0, 0.05) is 45.5 Å². The number of piperazine rings is 1. The Hall–Kier alpha value is -2.34. The summed E-state index contributed by atoms with van der Waals surface area (Å²) in [5.41, 5.74) is 2.75. The van der Waals surface area contributed by atoms with Gasteiger partial charge in [0.05, 0.1) is 11.6 Å². The summed E-state index contributed by atoms with van der Waals surface area (Å²) in [5.74, 6) is 0.642. The fourth-order valence-corrected chi connectivity index (χ4v) is 3.09. The SMILES string of the molecule is CN=C(NCc1cccc(C#N)c1)N1CCN(c2ccc(F)cc2)CC1.I. The largest absolute Gasteiger partial charge is 0.368 e. The second-order valence-corrected chi connectivity index (χ2v) is 6.16. The number of hydrogen-bond acceptors (Lipinski definition) is 3. The number of guanidine groups is 1. The summed E-state index contributed by atoms with van der Waals surface area (Å²) in [5, 5.41) is 12.4. The molecule has 1 saturated heterocycles. The zero-order chi connectivity index (χ0) is 18.4. The van der Waals surface area contributed by atoms with Crippen LogP contribution in [0, 0.1) is 17.1 Å². The van der Waals surface area contributed by atoms with Crippen LogP contribution in [0.4, 0.5) is 10.1 Å². The van der Waals surface area contributed by atoms with Gasteiger partial charge in [0.15, 0.2) is 5.96 Å². The molecule has 2 aromatic rings. The molecule has 0 bridgehead atoms. The van der Waals surface area contributed by atoms with Gasteiger partial charge in [-0.3, -0.25) is 4.99 Å². The van der Waals surface area contributed by atoms with E-state index in [4.69, 9.17) is 5.26 Å². The molecule has 0 aromatic heterocycles. The maximum atomic E-state index is 13.1. The van der Waals surface area contributed by atoms with Crippen molar-refractivity contribution < 1.29 is 4.39 Å². The van der Waals surface area contributed by atoms with Gasteiger partial charge < -0.3 is 15.1 Å². The molecule has 0 radical (unpaired) electrons. The van der Waals surface area contributed by atoms with E-state index in [9.17, 15) is 4.39 Å². The second kappa shape index (κ2) is 10.1. The first-order valence-electron chi connectivity index (χ1n) is 8.65. The van der Waals surface area contributed by atoms with Crippen molar-refractivity contribution in [1.82, 2.24) is 10.2 Å². The standard InChI is InChI=1S/C20H22FN5.HI/c1-23-20(24-15-17-4-2-3-16(13-17)14-22)26-11-9-25(10-12-26)19-7-5-18(21)6-8-19;/h2-8,13H,9-12,15H2,1H3,(H,23,24);1H. The van der Waals surface area contributed by atoms with Gasteiger partial charge in [-0.25, -0.2) is 4.39 Å². The molecule has 0 unspecified atom stereocenters. The van der Waals surface area contributed by atoms with Crippen LogP contribution in [-0.4, -0.2) is 44.1 Å². The molecule has 1 aliphatic heterocycles. The highest BCUT2D eigenvalue weighted by Gasteiger charge is 2.19. The van der Waals surface area contributed by atoms with Crippen LogP contribution in [0.3, 0.4) is 0 Å². The van der Waals surface area contributed by atoms with Crippen molar-refractivity contribution in [3.63, 3.8) is 0 Å². The molecular formula is C20H23FIN5. The number of benzene rings is 2. The van der Waals surface area contributed by atoms with Crippen LogP contribution in [0.1, 0.15) is 11.1 Å². The van der Waals surface area contributed by atoms with Gasteiger partial charge >= 0.3 is 0 Å². The lowest BCUT2D eigenvalue weighted by molar-refractivity contribution is 0.372. The Bertz CT molecular complexity index is 808. The monoisotopic (exact) mass is 479 g/mol. The van der Waals surface area contributed by atoms with Gasteiger partial charge in [0.25, 0.3) is 0 Å². The quantitative estimate of drug-likeness (QED) is 0.418. The van der Waals surface area contributed by atoms with E-state index in [0.29, 0.717) is 12.1 Å². The maximum absolute atomic E-state index is 13.1. The Morgan fingerprint density at radius 2 is 1.85 bits per heavy atom. The van der Waals surface area contributed by atoms with Gasteiger partial charge in [0.2, 0.25) is 0 Å². The molecule has 1 fully saturated rings. The predicted octanol–water partition coefficient (Wildman–Crippen LogP) is 3.21. The molecule has 2 aromatic carbocycles. The van der Waals surface area contributed by atoms with E-state index in [-0.39, 0.29) is 29.8 Å². The second-order valence-electron chi connectivity index (χ2n) is 6.16. The van der Waals surface area contributed by atoms with E-state index < -0.39 is 0 Å². The number of nitriles is 1. The Labute approximate surface area is 176 Å². The molecule has 1 N–H and O–H groups in total. The highest BCUT2D eigenvalue weighted by atomic mass is 127. The molecule has 7 heteroatoms. The Kier molecular flexibility index (Phi) is 7.85. The van der Waals surface area contributed by atoms with Gasteiger partial charge in [-0.2, -0.15) is 5.26 Å². The number of nitrogens with zero attached hydrogens (tertiary/aromatic N) is 4. The number of rotatable bonds is 3. The van der Waals surface area contributed by atoms with Crippen LogP contribution >= 0.6 is 24.0 Å². The minimum absolute atomic E-state index is 0. The minimum Gasteiger partial charge on any atom is -0.368 e. The molecule has 1 aliphatic rings. The molecule has 142 valence electrons. The van der Waals surface area contributed by atoms with Crippen molar-refractivity contribution in [2.75, 3.05) is 38.1 Å². The third-order valence-corrected chi connectivity index (χ3v) is 4.49. The van der Waals surface area contributed by atoms with Crippen LogP contribution in [-0.2, 0) is 6.54 Å². The Morgan fingerprint density at radius 1 is 1.15 bits per heavy atom. The lowest BCUT2D eigenvalue weighted by atomic mass is 10.1. The van der Waals surface area contributed by atoms with Crippen molar-refractivity contribution >= 4 is 35.6 Å². The maximum Gasteiger partial charge on any atom is 0.194 e. The van der Waals surface area contributed by atoms with E-state index in [1.807, 2.05) is 30.3 Å². The van der Waals surface area contributed by atoms with Crippen LogP contribution in [0.5, 0.6) is 0 Å². The van der Waals surface area contributed by atoms with Crippen molar-refractivity contribution in [2.24, 2.45) is 4.99 Å². The summed E-state index contributed by atoms with van der Waals surface area (Å²) in [6.45, 7) is 4.03. The third-order valence-electron chi connectivity index (χ3n) is 4.49. The van der Waals surface area contributed by atoms with Crippen molar-refractivity contribution in [3.8, 4) is 6.07 Å². The van der Waals surface area contributed by atoms with Gasteiger partial charge in [-0.15, -0.1) is 24.0 Å². The molecule has 3 rings (SSSR count). The fraction of sp³-hybridized carbons (Fsp3) is 0.300. The molecule has 0 amide bonds. The first kappa shape index (κ1) is 21.0. The summed E-state index contributed by atoms with van der Waals surface area (Å²) in [6.07, 6.45) is 0. The highest BCUT2D eigenvalue weighted by molar-refractivity contribution is 14.0. The Morgan fingerprint density at radius 3 is 2.48 bits per heavy atom. The van der Waals surface area contributed by atoms with Crippen LogP contribution in [0.2, 0.25) is 0 Å².